The summed E-state index contributed by atoms with van der Waals surface area (Å²) in [5, 5.41) is 3.39. The molecule has 0 aromatic rings. The molecule has 0 aromatic heterocycles. The molecular formula is C18H34Cl2N4O2. The van der Waals surface area contributed by atoms with E-state index >= 15 is 0 Å². The van der Waals surface area contributed by atoms with Crippen LogP contribution in [0.25, 0.3) is 0 Å². The molecule has 2 amide bonds. The number of hydrogen-bond donors (Lipinski definition) is 1. The summed E-state index contributed by atoms with van der Waals surface area (Å²) in [7, 11) is 0. The lowest BCUT2D eigenvalue weighted by molar-refractivity contribution is -0.137. The molecule has 1 N–H and O–H groups in total. The molecule has 6 nitrogen and oxygen atoms in total. The molecule has 0 saturated carbocycles. The molecule has 3 rings (SSSR count). The van der Waals surface area contributed by atoms with Crippen molar-refractivity contribution in [2.45, 2.75) is 57.5 Å². The number of halogens is 2. The third kappa shape index (κ3) is 6.25. The minimum atomic E-state index is 0. The number of nitrogens with one attached hydrogen (secondary N) is 1. The molecule has 2 unspecified atom stereocenters. The van der Waals surface area contributed by atoms with E-state index in [1.165, 1.54) is 12.8 Å². The van der Waals surface area contributed by atoms with Gasteiger partial charge in [-0.3, -0.25) is 14.5 Å². The highest BCUT2D eigenvalue weighted by Gasteiger charge is 2.28. The fraction of sp³-hybridized carbons (Fsp3) is 0.889. The van der Waals surface area contributed by atoms with Crippen LogP contribution in [0.1, 0.15) is 45.4 Å². The van der Waals surface area contributed by atoms with E-state index in [0.29, 0.717) is 25.0 Å². The summed E-state index contributed by atoms with van der Waals surface area (Å²) in [5.41, 5.74) is 0. The lowest BCUT2D eigenvalue weighted by atomic mass is 10.0. The molecule has 0 radical (unpaired) electrons. The summed E-state index contributed by atoms with van der Waals surface area (Å²) >= 11 is 0. The highest BCUT2D eigenvalue weighted by Crippen LogP contribution is 2.17. The number of amides is 2. The summed E-state index contributed by atoms with van der Waals surface area (Å²) in [5.74, 6) is 0.530. The van der Waals surface area contributed by atoms with Gasteiger partial charge in [0.25, 0.3) is 0 Å². The van der Waals surface area contributed by atoms with E-state index in [9.17, 15) is 9.59 Å². The van der Waals surface area contributed by atoms with Crippen molar-refractivity contribution >= 4 is 36.6 Å². The SMILES string of the molecule is CC1CCCCN1C(=O)CN1CCN(C(=O)CC2CCCN2)CC1.Cl.Cl. The molecule has 152 valence electrons. The second-order valence-corrected chi connectivity index (χ2v) is 7.59. The van der Waals surface area contributed by atoms with Crippen LogP contribution in [-0.2, 0) is 9.59 Å². The molecule has 8 heteroatoms. The number of carbonyl (C=O) groups excluding carboxylic acids is 2. The largest absolute Gasteiger partial charge is 0.340 e. The average molecular weight is 409 g/mol. The number of carbonyl (C=O) groups is 2. The standard InChI is InChI=1S/C18H32N4O2.2ClH/c1-15-5-2-3-8-22(15)18(24)14-20-9-11-21(12-10-20)17(23)13-16-6-4-7-19-16;;/h15-16,19H,2-14H2,1H3;2*1H. The molecule has 3 aliphatic rings. The molecular weight excluding hydrogens is 375 g/mol. The minimum Gasteiger partial charge on any atom is -0.340 e. The van der Waals surface area contributed by atoms with E-state index < -0.39 is 0 Å². The predicted octanol–water partition coefficient (Wildman–Crippen LogP) is 1.52. The van der Waals surface area contributed by atoms with Gasteiger partial charge in [-0.05, 0) is 45.6 Å². The third-order valence-electron chi connectivity index (χ3n) is 5.79. The first-order chi connectivity index (χ1) is 11.6. The van der Waals surface area contributed by atoms with Crippen molar-refractivity contribution in [3.05, 3.63) is 0 Å². The van der Waals surface area contributed by atoms with Crippen LogP contribution >= 0.6 is 24.8 Å². The van der Waals surface area contributed by atoms with E-state index in [2.05, 4.69) is 17.1 Å². The van der Waals surface area contributed by atoms with Crippen LogP contribution < -0.4 is 5.32 Å². The zero-order valence-electron chi connectivity index (χ0n) is 15.8. The number of piperidine rings is 1. The van der Waals surface area contributed by atoms with Gasteiger partial charge in [0.05, 0.1) is 6.54 Å². The molecule has 0 aliphatic carbocycles. The van der Waals surface area contributed by atoms with Gasteiger partial charge in [0.1, 0.15) is 0 Å². The Labute approximate surface area is 169 Å². The summed E-state index contributed by atoms with van der Waals surface area (Å²) in [6, 6.07) is 0.755. The Bertz CT molecular complexity index is 452. The molecule has 0 bridgehead atoms. The lowest BCUT2D eigenvalue weighted by Crippen LogP contribution is -2.53. The van der Waals surface area contributed by atoms with Gasteiger partial charge in [0.15, 0.2) is 0 Å². The maximum atomic E-state index is 12.5. The molecule has 26 heavy (non-hydrogen) atoms. The maximum Gasteiger partial charge on any atom is 0.236 e. The average Bonchev–Trinajstić information content (AvgIpc) is 3.08. The Morgan fingerprint density at radius 2 is 1.65 bits per heavy atom. The van der Waals surface area contributed by atoms with Crippen molar-refractivity contribution in [2.24, 2.45) is 0 Å². The van der Waals surface area contributed by atoms with Gasteiger partial charge in [-0.25, -0.2) is 0 Å². The van der Waals surface area contributed by atoms with Crippen LogP contribution in [0.2, 0.25) is 0 Å². The predicted molar refractivity (Wildman–Crippen MR) is 108 cm³/mol. The fourth-order valence-corrected chi connectivity index (χ4v) is 4.18. The van der Waals surface area contributed by atoms with Crippen molar-refractivity contribution in [1.82, 2.24) is 20.0 Å². The molecule has 3 saturated heterocycles. The smallest absolute Gasteiger partial charge is 0.236 e. The van der Waals surface area contributed by atoms with Crippen LogP contribution in [-0.4, -0.2) is 84.4 Å². The molecule has 3 heterocycles. The molecule has 0 aromatic carbocycles. The summed E-state index contributed by atoms with van der Waals surface area (Å²) in [6.45, 7) is 7.77. The van der Waals surface area contributed by atoms with Crippen LogP contribution in [0.3, 0.4) is 0 Å². The maximum absolute atomic E-state index is 12.5. The van der Waals surface area contributed by atoms with E-state index in [1.807, 2.05) is 9.80 Å². The highest BCUT2D eigenvalue weighted by atomic mass is 35.5. The minimum absolute atomic E-state index is 0. The number of hydrogen-bond acceptors (Lipinski definition) is 4. The zero-order chi connectivity index (χ0) is 16.9. The normalized spacial score (nSPS) is 26.8. The Morgan fingerprint density at radius 3 is 2.27 bits per heavy atom. The van der Waals surface area contributed by atoms with E-state index in [1.54, 1.807) is 0 Å². The first kappa shape index (κ1) is 23.5. The van der Waals surface area contributed by atoms with Gasteiger partial charge >= 0.3 is 0 Å². The summed E-state index contributed by atoms with van der Waals surface area (Å²) in [4.78, 5) is 31.1. The molecule has 0 spiro atoms. The highest BCUT2D eigenvalue weighted by molar-refractivity contribution is 5.85. The van der Waals surface area contributed by atoms with Gasteiger partial charge in [-0.2, -0.15) is 0 Å². The van der Waals surface area contributed by atoms with Gasteiger partial charge in [0, 0.05) is 51.2 Å². The Kier molecular flexibility index (Phi) is 10.2. The zero-order valence-corrected chi connectivity index (χ0v) is 17.5. The summed E-state index contributed by atoms with van der Waals surface area (Å²) < 4.78 is 0. The Hall–Kier alpha value is -0.560. The van der Waals surface area contributed by atoms with Gasteiger partial charge in [0.2, 0.25) is 11.8 Å². The lowest BCUT2D eigenvalue weighted by Gasteiger charge is -2.38. The van der Waals surface area contributed by atoms with Crippen LogP contribution in [0.5, 0.6) is 0 Å². The quantitative estimate of drug-likeness (QED) is 0.765. The van der Waals surface area contributed by atoms with E-state index in [-0.39, 0.29) is 36.6 Å². The number of piperazine rings is 1. The number of likely N-dealkylation sites (tertiary alicyclic amines) is 1. The summed E-state index contributed by atoms with van der Waals surface area (Å²) in [6.07, 6.45) is 6.43. The molecule has 2 atom stereocenters. The van der Waals surface area contributed by atoms with Crippen molar-refractivity contribution < 1.29 is 9.59 Å². The Balaban J connectivity index is 0.00000169. The number of nitrogens with zero attached hydrogens (tertiary/aromatic N) is 3. The number of rotatable bonds is 4. The van der Waals surface area contributed by atoms with Crippen molar-refractivity contribution in [2.75, 3.05) is 45.8 Å². The van der Waals surface area contributed by atoms with Gasteiger partial charge in [-0.1, -0.05) is 0 Å². The first-order valence-corrected chi connectivity index (χ1v) is 9.66. The topological polar surface area (TPSA) is 55.9 Å². The fourth-order valence-electron chi connectivity index (χ4n) is 4.18. The van der Waals surface area contributed by atoms with Gasteiger partial charge < -0.3 is 15.1 Å². The van der Waals surface area contributed by atoms with Crippen LogP contribution in [0.4, 0.5) is 0 Å². The van der Waals surface area contributed by atoms with Gasteiger partial charge in [-0.15, -0.1) is 24.8 Å². The van der Waals surface area contributed by atoms with Crippen LogP contribution in [0, 0.1) is 0 Å². The monoisotopic (exact) mass is 408 g/mol. The van der Waals surface area contributed by atoms with Crippen molar-refractivity contribution in [3.63, 3.8) is 0 Å². The van der Waals surface area contributed by atoms with Crippen molar-refractivity contribution in [3.8, 4) is 0 Å². The second kappa shape index (κ2) is 11.3. The van der Waals surface area contributed by atoms with Crippen molar-refractivity contribution in [1.29, 1.82) is 0 Å². The third-order valence-corrected chi connectivity index (χ3v) is 5.79. The van der Waals surface area contributed by atoms with Crippen LogP contribution in [0.15, 0.2) is 0 Å². The van der Waals surface area contributed by atoms with E-state index in [0.717, 1.165) is 58.5 Å². The first-order valence-electron chi connectivity index (χ1n) is 9.66. The molecule has 3 aliphatic heterocycles. The Morgan fingerprint density at radius 1 is 0.923 bits per heavy atom. The van der Waals surface area contributed by atoms with E-state index in [4.69, 9.17) is 0 Å². The second-order valence-electron chi connectivity index (χ2n) is 7.59. The molecule has 3 fully saturated rings.